The van der Waals surface area contributed by atoms with E-state index in [1.165, 1.54) is 4.68 Å². The first kappa shape index (κ1) is 13.9. The van der Waals surface area contributed by atoms with Crippen molar-refractivity contribution >= 4 is 18.1 Å². The summed E-state index contributed by atoms with van der Waals surface area (Å²) in [7, 11) is 0. The fourth-order valence-electron chi connectivity index (χ4n) is 1.89. The molecule has 0 spiro atoms. The van der Waals surface area contributed by atoms with E-state index in [-0.39, 0.29) is 0 Å². The van der Waals surface area contributed by atoms with Crippen LogP contribution in [0.5, 0.6) is 0 Å². The van der Waals surface area contributed by atoms with Crippen LogP contribution < -0.4 is 0 Å². The van der Waals surface area contributed by atoms with Gasteiger partial charge in [-0.15, -0.1) is 5.10 Å². The summed E-state index contributed by atoms with van der Waals surface area (Å²) < 4.78 is 1.35. The molecule has 2 rings (SSSR count). The lowest BCUT2D eigenvalue weighted by Crippen LogP contribution is -2.21. The summed E-state index contributed by atoms with van der Waals surface area (Å²) in [5, 5.41) is 20.5. The Bertz CT molecular complexity index is 592. The van der Waals surface area contributed by atoms with Crippen molar-refractivity contribution in [3.8, 4) is 0 Å². The topological polar surface area (TPSA) is 80.9 Å². The van der Waals surface area contributed by atoms with Gasteiger partial charge in [0.2, 0.25) is 0 Å². The predicted molar refractivity (Wildman–Crippen MR) is 74.8 cm³/mol. The van der Waals surface area contributed by atoms with Crippen molar-refractivity contribution in [1.82, 2.24) is 20.2 Å². The van der Waals surface area contributed by atoms with Gasteiger partial charge < -0.3 is 5.11 Å². The summed E-state index contributed by atoms with van der Waals surface area (Å²) in [4.78, 5) is 11.3. The van der Waals surface area contributed by atoms with Gasteiger partial charge in [0.1, 0.15) is 0 Å². The van der Waals surface area contributed by atoms with Crippen LogP contribution in [0.25, 0.3) is 12.2 Å². The minimum Gasteiger partial charge on any atom is -0.480 e. The molecule has 1 N–H and O–H groups in total. The molecule has 1 atom stereocenters. The Morgan fingerprint density at radius 1 is 1.35 bits per heavy atom. The highest BCUT2D eigenvalue weighted by atomic mass is 16.4. The van der Waals surface area contributed by atoms with Crippen LogP contribution in [0.4, 0.5) is 0 Å². The Morgan fingerprint density at radius 3 is 2.75 bits per heavy atom. The summed E-state index contributed by atoms with van der Waals surface area (Å²) in [6.07, 6.45) is 4.82. The molecule has 6 heteroatoms. The molecule has 0 bridgehead atoms. The van der Waals surface area contributed by atoms with E-state index in [9.17, 15) is 9.90 Å². The summed E-state index contributed by atoms with van der Waals surface area (Å²) in [5.74, 6) is -0.483. The summed E-state index contributed by atoms with van der Waals surface area (Å²) in [5.41, 5.74) is 1.00. The summed E-state index contributed by atoms with van der Waals surface area (Å²) in [6.45, 7) is 1.93. The lowest BCUT2D eigenvalue weighted by molar-refractivity contribution is -0.141. The minimum atomic E-state index is -0.923. The van der Waals surface area contributed by atoms with Crippen molar-refractivity contribution in [1.29, 1.82) is 0 Å². The average Bonchev–Trinajstić information content (AvgIpc) is 2.91. The zero-order valence-electron chi connectivity index (χ0n) is 11.2. The summed E-state index contributed by atoms with van der Waals surface area (Å²) >= 11 is 0. The molecular formula is C14H16N4O2. The van der Waals surface area contributed by atoms with Crippen LogP contribution in [0.3, 0.4) is 0 Å². The Kier molecular flexibility index (Phi) is 4.60. The van der Waals surface area contributed by atoms with Crippen molar-refractivity contribution < 1.29 is 9.90 Å². The van der Waals surface area contributed by atoms with Crippen LogP contribution in [-0.4, -0.2) is 31.3 Å². The van der Waals surface area contributed by atoms with Crippen molar-refractivity contribution in [2.24, 2.45) is 0 Å². The number of carboxylic acid groups (broad SMARTS) is 1. The number of carbonyl (C=O) groups is 1. The number of aliphatic carboxylic acids is 1. The molecule has 0 aliphatic heterocycles. The van der Waals surface area contributed by atoms with Crippen molar-refractivity contribution in [2.75, 3.05) is 0 Å². The lowest BCUT2D eigenvalue weighted by atomic mass is 10.1. The zero-order chi connectivity index (χ0) is 14.4. The Morgan fingerprint density at radius 2 is 2.10 bits per heavy atom. The number of aromatic nitrogens is 4. The van der Waals surface area contributed by atoms with E-state index >= 15 is 0 Å². The Balaban J connectivity index is 2.24. The molecule has 1 heterocycles. The number of hydrogen-bond acceptors (Lipinski definition) is 4. The molecule has 0 saturated heterocycles. The second-order valence-electron chi connectivity index (χ2n) is 4.37. The molecule has 0 aliphatic carbocycles. The van der Waals surface area contributed by atoms with E-state index in [2.05, 4.69) is 15.5 Å². The molecule has 0 amide bonds. The van der Waals surface area contributed by atoms with E-state index in [1.807, 2.05) is 43.3 Å². The van der Waals surface area contributed by atoms with E-state index in [4.69, 9.17) is 0 Å². The van der Waals surface area contributed by atoms with Crippen LogP contribution in [-0.2, 0) is 4.79 Å². The van der Waals surface area contributed by atoms with Crippen molar-refractivity contribution in [2.45, 2.75) is 25.8 Å². The first-order chi connectivity index (χ1) is 9.72. The summed E-state index contributed by atoms with van der Waals surface area (Å²) in [6, 6.07) is 8.96. The third kappa shape index (κ3) is 3.28. The van der Waals surface area contributed by atoms with E-state index in [0.29, 0.717) is 12.2 Å². The molecule has 0 saturated carbocycles. The highest BCUT2D eigenvalue weighted by Crippen LogP contribution is 2.15. The number of rotatable bonds is 6. The van der Waals surface area contributed by atoms with Gasteiger partial charge in [0, 0.05) is 0 Å². The van der Waals surface area contributed by atoms with Gasteiger partial charge in [-0.2, -0.15) is 0 Å². The molecule has 1 unspecified atom stereocenters. The molecule has 1 aromatic heterocycles. The molecule has 0 aliphatic rings. The number of hydrogen-bond donors (Lipinski definition) is 1. The molecule has 104 valence electrons. The van der Waals surface area contributed by atoms with E-state index in [1.54, 1.807) is 6.08 Å². The van der Waals surface area contributed by atoms with E-state index in [0.717, 1.165) is 12.0 Å². The van der Waals surface area contributed by atoms with Gasteiger partial charge in [0.15, 0.2) is 11.9 Å². The number of benzene rings is 1. The number of carboxylic acids is 1. The van der Waals surface area contributed by atoms with Crippen molar-refractivity contribution in [3.63, 3.8) is 0 Å². The fraction of sp³-hybridized carbons (Fsp3) is 0.286. The monoisotopic (exact) mass is 272 g/mol. The molecule has 6 nitrogen and oxygen atoms in total. The van der Waals surface area contributed by atoms with Crippen LogP contribution in [0.15, 0.2) is 30.3 Å². The predicted octanol–water partition coefficient (Wildman–Crippen LogP) is 2.27. The fourth-order valence-corrected chi connectivity index (χ4v) is 1.89. The minimum absolute atomic E-state index is 0.440. The quantitative estimate of drug-likeness (QED) is 0.872. The van der Waals surface area contributed by atoms with Crippen LogP contribution in [0.2, 0.25) is 0 Å². The highest BCUT2D eigenvalue weighted by molar-refractivity contribution is 5.73. The van der Waals surface area contributed by atoms with Crippen LogP contribution in [0.1, 0.15) is 37.2 Å². The van der Waals surface area contributed by atoms with Gasteiger partial charge in [-0.05, 0) is 28.5 Å². The van der Waals surface area contributed by atoms with Gasteiger partial charge in [-0.1, -0.05) is 49.8 Å². The van der Waals surface area contributed by atoms with Crippen molar-refractivity contribution in [3.05, 3.63) is 41.7 Å². The van der Waals surface area contributed by atoms with Crippen LogP contribution in [0, 0.1) is 0 Å². The second-order valence-corrected chi connectivity index (χ2v) is 4.37. The third-order valence-electron chi connectivity index (χ3n) is 2.89. The molecule has 0 radical (unpaired) electrons. The SMILES string of the molecule is CCCC(C(=O)O)n1nnnc1/C=C/c1ccccc1. The first-order valence-electron chi connectivity index (χ1n) is 6.46. The number of tetrazole rings is 1. The van der Waals surface area contributed by atoms with Gasteiger partial charge in [0.05, 0.1) is 0 Å². The Labute approximate surface area is 116 Å². The standard InChI is InChI=1S/C14H16N4O2/c1-2-6-12(14(19)20)18-13(15-16-17-18)10-9-11-7-4-3-5-8-11/h3-5,7-10,12H,2,6H2,1H3,(H,19,20)/b10-9+. The molecule has 2 aromatic rings. The largest absolute Gasteiger partial charge is 0.480 e. The molecular weight excluding hydrogens is 256 g/mol. The molecule has 20 heavy (non-hydrogen) atoms. The van der Waals surface area contributed by atoms with Gasteiger partial charge in [-0.3, -0.25) is 0 Å². The Hall–Kier alpha value is -2.50. The average molecular weight is 272 g/mol. The zero-order valence-corrected chi connectivity index (χ0v) is 11.2. The molecule has 1 aromatic carbocycles. The maximum Gasteiger partial charge on any atom is 0.328 e. The maximum absolute atomic E-state index is 11.3. The van der Waals surface area contributed by atoms with Gasteiger partial charge in [0.25, 0.3) is 0 Å². The third-order valence-corrected chi connectivity index (χ3v) is 2.89. The highest BCUT2D eigenvalue weighted by Gasteiger charge is 2.22. The number of nitrogens with zero attached hydrogens (tertiary/aromatic N) is 4. The van der Waals surface area contributed by atoms with Crippen LogP contribution >= 0.6 is 0 Å². The van der Waals surface area contributed by atoms with Gasteiger partial charge >= 0.3 is 5.97 Å². The van der Waals surface area contributed by atoms with E-state index < -0.39 is 12.0 Å². The smallest absolute Gasteiger partial charge is 0.328 e. The lowest BCUT2D eigenvalue weighted by Gasteiger charge is -2.11. The molecule has 0 fully saturated rings. The second kappa shape index (κ2) is 6.60. The van der Waals surface area contributed by atoms with Gasteiger partial charge in [-0.25, -0.2) is 9.48 Å². The first-order valence-corrected chi connectivity index (χ1v) is 6.46. The normalized spacial score (nSPS) is 12.7. The maximum atomic E-state index is 11.3.